The molecule has 0 atom stereocenters. The lowest BCUT2D eigenvalue weighted by atomic mass is 10.0. The molecular weight excluding hydrogens is 1450 g/mol. The van der Waals surface area contributed by atoms with Gasteiger partial charge in [0.2, 0.25) is 0 Å². The fourth-order valence-electron chi connectivity index (χ4n) is 2.45. The van der Waals surface area contributed by atoms with Gasteiger partial charge in [0.1, 0.15) is 0 Å². The Labute approximate surface area is 281 Å². The Hall–Kier alpha value is 5.28. The summed E-state index contributed by atoms with van der Waals surface area (Å²) in [4.78, 5) is 0. The second kappa shape index (κ2) is 10.0. The van der Waals surface area contributed by atoms with Crippen LogP contribution >= 0.6 is 226 Å². The Balaban J connectivity index is 2.87. The zero-order chi connectivity index (χ0) is 18.8. The van der Waals surface area contributed by atoms with Crippen LogP contribution in [0.3, 0.4) is 0 Å². The molecule has 0 heterocycles. The van der Waals surface area contributed by atoms with Crippen molar-refractivity contribution in [3.05, 3.63) is 32.1 Å². The Kier molecular flexibility index (Phi) is 10.0. The van der Waals surface area contributed by atoms with E-state index >= 15 is 0 Å². The van der Waals surface area contributed by atoms with Crippen LogP contribution in [0.5, 0.6) is 5.75 Å². The summed E-state index contributed by atoms with van der Waals surface area (Å²) >= 11 is 24.3. The number of halogens is 10. The highest BCUT2D eigenvalue weighted by Crippen LogP contribution is 2.49. The van der Waals surface area contributed by atoms with Crippen LogP contribution in [0.2, 0.25) is 0 Å². The van der Waals surface area contributed by atoms with Crippen LogP contribution in [0.4, 0.5) is 0 Å². The summed E-state index contributed by atoms with van der Waals surface area (Å²) in [6.07, 6.45) is 0. The third-order valence-corrected chi connectivity index (χ3v) is 19.8. The van der Waals surface area contributed by atoms with Gasteiger partial charge in [-0.25, -0.2) is 0 Å². The number of rotatable bonds is 1. The van der Waals surface area contributed by atoms with Gasteiger partial charge in [-0.2, -0.15) is 0 Å². The third-order valence-electron chi connectivity index (χ3n) is 3.51. The Morgan fingerprint density at radius 2 is 0.680 bits per heavy atom. The van der Waals surface area contributed by atoms with Crippen LogP contribution in [-0.4, -0.2) is 0 Å². The molecule has 0 spiro atoms. The molecule has 0 fully saturated rings. The van der Waals surface area contributed by atoms with Gasteiger partial charge in [0.15, 0.2) is 28.8 Å². The molecule has 3 rings (SSSR count). The number of hydrogen-bond acceptors (Lipinski definition) is 1. The maximum Gasteiger partial charge on any atom is 0.192 e. The van der Waals surface area contributed by atoms with Gasteiger partial charge in [-0.3, -0.25) is 0 Å². The lowest BCUT2D eigenvalue weighted by Crippen LogP contribution is -2.02. The molecule has 0 bridgehead atoms. The summed E-state index contributed by atoms with van der Waals surface area (Å²) in [5, 5.41) is 5.20. The van der Waals surface area contributed by atoms with E-state index in [1.165, 1.54) is 53.7 Å². The molecule has 0 saturated heterocycles. The maximum absolute atomic E-state index is 5.90. The molecule has 0 aliphatic heterocycles. The quantitative estimate of drug-likeness (QED) is 0.102. The fraction of sp³-hybridized carbons (Fsp3) is 0. The van der Waals surface area contributed by atoms with Crippen molar-refractivity contribution in [1.82, 2.24) is 0 Å². The predicted molar refractivity (Wildman–Crippen MR) is 191 cm³/mol. The first-order chi connectivity index (χ1) is 11.6. The Morgan fingerprint density at radius 3 is 1.08 bits per heavy atom. The summed E-state index contributed by atoms with van der Waals surface area (Å²) < 4.78 is 17.6. The highest BCUT2D eigenvalue weighted by Gasteiger charge is 2.26. The first-order valence-corrected chi connectivity index (χ1v) is 16.6. The highest BCUT2D eigenvalue weighted by molar-refractivity contribution is 14.1. The normalized spacial score (nSPS) is 11.6. The van der Waals surface area contributed by atoms with Crippen molar-refractivity contribution in [3.63, 3.8) is 0 Å². The summed E-state index contributed by atoms with van der Waals surface area (Å²) in [7, 11) is 0. The maximum atomic E-state index is 5.90. The second-order valence-corrected chi connectivity index (χ2v) is 14.9. The van der Waals surface area contributed by atoms with Crippen molar-refractivity contribution in [2.24, 2.45) is 0 Å². The molecule has 1 nitrogen and oxygen atoms in total. The van der Waals surface area contributed by atoms with Gasteiger partial charge in [0, 0.05) is 50.1 Å². The minimum atomic E-state index is 0.978. The van der Waals surface area contributed by atoms with Crippen LogP contribution in [-0.2, 0) is 0 Å². The van der Waals surface area contributed by atoms with E-state index < -0.39 is 0 Å². The average molecular weight is 1450 g/mol. The molecule has 132 valence electrons. The van der Waals surface area contributed by atoms with Crippen LogP contribution in [0.15, 0.2) is 0 Å². The van der Waals surface area contributed by atoms with Crippen LogP contribution < -0.4 is 3.07 Å². The minimum absolute atomic E-state index is 0.978. The van der Waals surface area contributed by atoms with E-state index in [4.69, 9.17) is 3.07 Å². The molecule has 0 unspecified atom stereocenters. The molecule has 3 aromatic rings. The summed E-state index contributed by atoms with van der Waals surface area (Å²) in [6, 6.07) is 0. The number of fused-ring (bicyclic) bond motifs is 3. The van der Waals surface area contributed by atoms with Gasteiger partial charge in [-0.1, -0.05) is 0 Å². The standard InChI is InChI=1S/C14I10O/c15-5-1-2-4(8(18)13(23)11(21)6(2)16)14(25-24)9(19)3(1)7(17)12(22)10(5)20. The van der Waals surface area contributed by atoms with Gasteiger partial charge in [-0.15, -0.1) is 0 Å². The molecule has 0 aliphatic carbocycles. The van der Waals surface area contributed by atoms with E-state index in [0.717, 1.165) is 5.75 Å². The van der Waals surface area contributed by atoms with Gasteiger partial charge >= 0.3 is 0 Å². The molecular formula is C14I10O. The van der Waals surface area contributed by atoms with Gasteiger partial charge in [-0.05, 0) is 203 Å². The minimum Gasteiger partial charge on any atom is -0.426 e. The van der Waals surface area contributed by atoms with Crippen molar-refractivity contribution >= 4 is 248 Å². The predicted octanol–water partition coefficient (Wildman–Crippen LogP) is 10.2. The van der Waals surface area contributed by atoms with Crippen molar-refractivity contribution in [2.75, 3.05) is 0 Å². The summed E-state index contributed by atoms with van der Waals surface area (Å²) in [5.41, 5.74) is 0. The smallest absolute Gasteiger partial charge is 0.192 e. The number of benzene rings is 3. The van der Waals surface area contributed by atoms with Gasteiger partial charge in [0.05, 0.1) is 3.57 Å². The SMILES string of the molecule is IOc1c(I)c2c(I)c(I)c(I)c(I)c2c2c(I)c(I)c(I)c(I)c12. The zero-order valence-corrected chi connectivity index (χ0v) is 32.8. The van der Waals surface area contributed by atoms with Crippen molar-refractivity contribution in [1.29, 1.82) is 0 Å². The zero-order valence-electron chi connectivity index (χ0n) is 11.2. The van der Waals surface area contributed by atoms with Crippen molar-refractivity contribution in [2.45, 2.75) is 0 Å². The molecule has 0 radical (unpaired) electrons. The Bertz CT molecular complexity index is 1080. The molecule has 11 heteroatoms. The lowest BCUT2D eigenvalue weighted by Gasteiger charge is -2.20. The van der Waals surface area contributed by atoms with Crippen LogP contribution in [0.1, 0.15) is 0 Å². The Morgan fingerprint density at radius 1 is 0.360 bits per heavy atom. The summed E-state index contributed by atoms with van der Waals surface area (Å²) in [5.74, 6) is 0.978. The highest BCUT2D eigenvalue weighted by atomic mass is 127. The van der Waals surface area contributed by atoms with Gasteiger partial charge < -0.3 is 3.07 Å². The van der Waals surface area contributed by atoms with Crippen molar-refractivity contribution < 1.29 is 3.07 Å². The van der Waals surface area contributed by atoms with Crippen LogP contribution in [0, 0.1) is 32.1 Å². The third kappa shape index (κ3) is 4.29. The first kappa shape index (κ1) is 24.9. The first-order valence-electron chi connectivity index (χ1n) is 6.06. The monoisotopic (exact) mass is 1450 g/mol. The van der Waals surface area contributed by atoms with E-state index in [-0.39, 0.29) is 0 Å². The largest absolute Gasteiger partial charge is 0.426 e. The second-order valence-electron chi connectivity index (χ2n) is 4.73. The molecule has 3 aromatic carbocycles. The molecule has 0 aromatic heterocycles. The van der Waals surface area contributed by atoms with E-state index in [1.807, 2.05) is 23.0 Å². The fourth-order valence-corrected chi connectivity index (χ4v) is 12.2. The van der Waals surface area contributed by atoms with E-state index in [9.17, 15) is 0 Å². The lowest BCUT2D eigenvalue weighted by molar-refractivity contribution is 0.721. The topological polar surface area (TPSA) is 9.23 Å². The van der Waals surface area contributed by atoms with E-state index in [0.29, 0.717) is 0 Å². The molecule has 0 amide bonds. The van der Waals surface area contributed by atoms with Crippen LogP contribution in [0.25, 0.3) is 21.5 Å². The van der Waals surface area contributed by atoms with E-state index in [2.05, 4.69) is 203 Å². The number of hydrogen-bond donors (Lipinski definition) is 0. The van der Waals surface area contributed by atoms with Crippen molar-refractivity contribution in [3.8, 4) is 5.75 Å². The molecule has 0 N–H and O–H groups in total. The summed E-state index contributed by atoms with van der Waals surface area (Å²) in [6.45, 7) is 0. The molecule has 0 aliphatic rings. The average Bonchev–Trinajstić information content (AvgIpc) is 2.59. The molecule has 25 heavy (non-hydrogen) atoms. The van der Waals surface area contributed by atoms with Gasteiger partial charge in [0.25, 0.3) is 0 Å². The molecule has 0 saturated carbocycles. The van der Waals surface area contributed by atoms with E-state index in [1.54, 1.807) is 0 Å².